The van der Waals surface area contributed by atoms with Gasteiger partial charge in [0.25, 0.3) is 0 Å². The molecule has 20 heavy (non-hydrogen) atoms. The zero-order chi connectivity index (χ0) is 14.1. The number of hydrogen-bond acceptors (Lipinski definition) is 3. The van der Waals surface area contributed by atoms with Crippen LogP contribution in [0.3, 0.4) is 0 Å². The molecule has 0 unspecified atom stereocenters. The van der Waals surface area contributed by atoms with Crippen molar-refractivity contribution in [3.63, 3.8) is 0 Å². The maximum Gasteiger partial charge on any atom is 0.167 e. The molecule has 1 aromatic carbocycles. The minimum atomic E-state index is -0.389. The lowest BCUT2D eigenvalue weighted by Crippen LogP contribution is -2.04. The normalized spacial score (nSPS) is 13.3. The summed E-state index contributed by atoms with van der Waals surface area (Å²) in [5.74, 6) is -0.388. The Balaban J connectivity index is 2.15. The van der Waals surface area contributed by atoms with Gasteiger partial charge in [-0.2, -0.15) is 10.4 Å². The first-order chi connectivity index (χ1) is 9.72. The summed E-state index contributed by atoms with van der Waals surface area (Å²) in [6, 6.07) is 8.36. The van der Waals surface area contributed by atoms with Gasteiger partial charge in [-0.3, -0.25) is 9.48 Å². The Bertz CT molecular complexity index is 727. The number of aryl methyl sites for hydroxylation is 1. The first kappa shape index (κ1) is 12.5. The number of carbonyl (C=O) groups excluding carboxylic acids is 1. The van der Waals surface area contributed by atoms with Crippen LogP contribution in [0.25, 0.3) is 11.3 Å². The molecule has 0 aliphatic heterocycles. The van der Waals surface area contributed by atoms with Gasteiger partial charge in [0, 0.05) is 12.0 Å². The maximum absolute atomic E-state index is 13.9. The number of nitrogens with zero attached hydrogens (tertiary/aromatic N) is 3. The molecule has 1 aliphatic rings. The molecule has 1 heterocycles. The van der Waals surface area contributed by atoms with Gasteiger partial charge in [0.15, 0.2) is 5.78 Å². The van der Waals surface area contributed by atoms with Crippen LogP contribution in [0.4, 0.5) is 4.39 Å². The lowest BCUT2D eigenvalue weighted by Gasteiger charge is -2.02. The van der Waals surface area contributed by atoms with Crippen molar-refractivity contribution in [3.05, 3.63) is 41.3 Å². The molecule has 4 nitrogen and oxygen atoms in total. The third-order valence-electron chi connectivity index (χ3n) is 3.49. The van der Waals surface area contributed by atoms with Crippen LogP contribution in [0.15, 0.2) is 24.3 Å². The van der Waals surface area contributed by atoms with Crippen LogP contribution in [0.5, 0.6) is 0 Å². The predicted molar refractivity (Wildman–Crippen MR) is 70.5 cm³/mol. The van der Waals surface area contributed by atoms with Gasteiger partial charge in [-0.25, -0.2) is 4.39 Å². The lowest BCUT2D eigenvalue weighted by atomic mass is 10.1. The van der Waals surface area contributed by atoms with Gasteiger partial charge in [-0.05, 0) is 18.6 Å². The molecule has 0 spiro atoms. The molecule has 1 aromatic heterocycles. The van der Waals surface area contributed by atoms with Crippen LogP contribution in [0.1, 0.15) is 28.9 Å². The topological polar surface area (TPSA) is 58.7 Å². The van der Waals surface area contributed by atoms with E-state index in [1.54, 1.807) is 22.9 Å². The Hall–Kier alpha value is -2.48. The Kier molecular flexibility index (Phi) is 3.07. The Labute approximate surface area is 115 Å². The number of carbonyl (C=O) groups is 1. The summed E-state index contributed by atoms with van der Waals surface area (Å²) >= 11 is 0. The molecule has 100 valence electrons. The third kappa shape index (κ3) is 1.90. The number of nitriles is 1. The van der Waals surface area contributed by atoms with Gasteiger partial charge in [0.1, 0.15) is 11.5 Å². The highest BCUT2D eigenvalue weighted by Crippen LogP contribution is 2.33. The van der Waals surface area contributed by atoms with Gasteiger partial charge in [0.05, 0.1) is 30.3 Å². The highest BCUT2D eigenvalue weighted by Gasteiger charge is 2.30. The summed E-state index contributed by atoms with van der Waals surface area (Å²) in [4.78, 5) is 12.0. The van der Waals surface area contributed by atoms with Gasteiger partial charge in [-0.15, -0.1) is 0 Å². The van der Waals surface area contributed by atoms with E-state index in [1.165, 1.54) is 6.07 Å². The molecule has 0 N–H and O–H groups in total. The fourth-order valence-electron chi connectivity index (χ4n) is 2.58. The first-order valence-corrected chi connectivity index (χ1v) is 6.47. The van der Waals surface area contributed by atoms with Crippen LogP contribution in [-0.2, 0) is 13.0 Å². The molecular weight excluding hydrogens is 257 g/mol. The molecule has 0 saturated heterocycles. The monoisotopic (exact) mass is 269 g/mol. The smallest absolute Gasteiger partial charge is 0.167 e. The summed E-state index contributed by atoms with van der Waals surface area (Å²) in [5, 5.41) is 13.0. The second kappa shape index (κ2) is 4.89. The maximum atomic E-state index is 13.9. The van der Waals surface area contributed by atoms with Crippen LogP contribution < -0.4 is 0 Å². The highest BCUT2D eigenvalue weighted by molar-refractivity contribution is 6.05. The zero-order valence-corrected chi connectivity index (χ0v) is 10.8. The molecule has 0 saturated carbocycles. The highest BCUT2D eigenvalue weighted by atomic mass is 19.1. The number of fused-ring (bicyclic) bond motifs is 1. The molecule has 0 fully saturated rings. The van der Waals surface area contributed by atoms with Gasteiger partial charge in [0.2, 0.25) is 0 Å². The number of benzene rings is 1. The van der Waals surface area contributed by atoms with Crippen molar-refractivity contribution in [2.75, 3.05) is 0 Å². The van der Waals surface area contributed by atoms with E-state index in [9.17, 15) is 9.18 Å². The molecule has 3 rings (SSSR count). The first-order valence-electron chi connectivity index (χ1n) is 6.47. The number of rotatable bonds is 3. The third-order valence-corrected chi connectivity index (χ3v) is 3.49. The Morgan fingerprint density at radius 2 is 2.15 bits per heavy atom. The van der Waals surface area contributed by atoms with E-state index < -0.39 is 0 Å². The number of hydrogen-bond donors (Lipinski definition) is 0. The second-order valence-corrected chi connectivity index (χ2v) is 4.70. The minimum Gasteiger partial charge on any atom is -0.294 e. The molecule has 2 aromatic rings. The molecular formula is C15H12FN3O. The standard InChI is InChI=1S/C15H12FN3O/c16-11-5-2-1-4-10(11)15-14-12(6-7-13(14)20)19(18-15)9-3-8-17/h1-2,4-5H,3,6-7,9H2. The molecule has 1 aliphatic carbocycles. The average Bonchev–Trinajstić information content (AvgIpc) is 2.99. The minimum absolute atomic E-state index is 0.00135. The SMILES string of the molecule is N#CCCn1nc(-c2ccccc2F)c2c1CCC2=O. The largest absolute Gasteiger partial charge is 0.294 e. The number of ketones is 1. The van der Waals surface area contributed by atoms with E-state index in [4.69, 9.17) is 5.26 Å². The van der Waals surface area contributed by atoms with Crippen molar-refractivity contribution in [3.8, 4) is 17.3 Å². The van der Waals surface area contributed by atoms with Crippen molar-refractivity contribution in [2.24, 2.45) is 0 Å². The van der Waals surface area contributed by atoms with E-state index >= 15 is 0 Å². The predicted octanol–water partition coefficient (Wildman–Crippen LogP) is 2.73. The number of halogens is 1. The van der Waals surface area contributed by atoms with Crippen molar-refractivity contribution in [2.45, 2.75) is 25.8 Å². The van der Waals surface area contributed by atoms with Crippen molar-refractivity contribution in [1.29, 1.82) is 5.26 Å². The van der Waals surface area contributed by atoms with E-state index in [2.05, 4.69) is 11.2 Å². The fraction of sp³-hybridized carbons (Fsp3) is 0.267. The van der Waals surface area contributed by atoms with Crippen LogP contribution >= 0.6 is 0 Å². The van der Waals surface area contributed by atoms with Crippen LogP contribution in [0, 0.1) is 17.1 Å². The van der Waals surface area contributed by atoms with Crippen molar-refractivity contribution >= 4 is 5.78 Å². The van der Waals surface area contributed by atoms with Crippen molar-refractivity contribution in [1.82, 2.24) is 9.78 Å². The van der Waals surface area contributed by atoms with Crippen LogP contribution in [0.2, 0.25) is 0 Å². The summed E-state index contributed by atoms with van der Waals surface area (Å²) < 4.78 is 15.6. The van der Waals surface area contributed by atoms with E-state index in [-0.39, 0.29) is 11.6 Å². The molecule has 0 bridgehead atoms. The zero-order valence-electron chi connectivity index (χ0n) is 10.8. The average molecular weight is 269 g/mol. The Morgan fingerprint density at radius 3 is 2.90 bits per heavy atom. The van der Waals surface area contributed by atoms with E-state index in [0.29, 0.717) is 42.6 Å². The quantitative estimate of drug-likeness (QED) is 0.860. The van der Waals surface area contributed by atoms with Crippen LogP contribution in [-0.4, -0.2) is 15.6 Å². The molecule has 0 radical (unpaired) electrons. The summed E-state index contributed by atoms with van der Waals surface area (Å²) in [7, 11) is 0. The fourth-order valence-corrected chi connectivity index (χ4v) is 2.58. The Morgan fingerprint density at radius 1 is 1.35 bits per heavy atom. The summed E-state index contributed by atoms with van der Waals surface area (Å²) in [5.41, 5.74) is 2.09. The van der Waals surface area contributed by atoms with Gasteiger partial charge in [-0.1, -0.05) is 12.1 Å². The molecule has 0 atom stereocenters. The number of aromatic nitrogens is 2. The molecule has 0 amide bonds. The van der Waals surface area contributed by atoms with Gasteiger partial charge < -0.3 is 0 Å². The summed E-state index contributed by atoms with van der Waals surface area (Å²) in [6.07, 6.45) is 1.36. The molecule has 5 heteroatoms. The second-order valence-electron chi connectivity index (χ2n) is 4.70. The summed E-state index contributed by atoms with van der Waals surface area (Å²) in [6.45, 7) is 0.431. The van der Waals surface area contributed by atoms with E-state index in [0.717, 1.165) is 5.69 Å². The van der Waals surface area contributed by atoms with E-state index in [1.807, 2.05) is 0 Å². The number of Topliss-reactive ketones (excluding diaryl/α,β-unsaturated/α-hetero) is 1. The lowest BCUT2D eigenvalue weighted by molar-refractivity contribution is 0.0995. The van der Waals surface area contributed by atoms with Crippen molar-refractivity contribution < 1.29 is 9.18 Å². The van der Waals surface area contributed by atoms with Gasteiger partial charge >= 0.3 is 0 Å².